The Bertz CT molecular complexity index is 787. The molecule has 0 saturated carbocycles. The summed E-state index contributed by atoms with van der Waals surface area (Å²) < 4.78 is 2.68. The fraction of sp³-hybridized carbons (Fsp3) is 0.0714. The van der Waals surface area contributed by atoms with Crippen LogP contribution in [0, 0.1) is 4.77 Å². The van der Waals surface area contributed by atoms with Crippen LogP contribution in [0.1, 0.15) is 0 Å². The normalized spacial score (nSPS) is 11.1. The highest BCUT2D eigenvalue weighted by atomic mass is 35.5. The Hall–Kier alpha value is -1.23. The lowest BCUT2D eigenvalue weighted by molar-refractivity contribution is 1.06. The molecule has 0 unspecified atom stereocenters. The number of hydrogen-bond donors (Lipinski definition) is 1. The molecule has 1 heterocycles. The molecule has 96 valence electrons. The summed E-state index contributed by atoms with van der Waals surface area (Å²) >= 11 is 13.2. The zero-order chi connectivity index (χ0) is 13.4. The third kappa shape index (κ3) is 2.31. The van der Waals surface area contributed by atoms with Crippen LogP contribution in [0.25, 0.3) is 16.7 Å². The average Bonchev–Trinajstić information content (AvgIpc) is 2.74. The highest BCUT2D eigenvalue weighted by Gasteiger charge is 2.07. The van der Waals surface area contributed by atoms with E-state index in [4.69, 9.17) is 23.8 Å². The lowest BCUT2D eigenvalue weighted by Gasteiger charge is -2.05. The van der Waals surface area contributed by atoms with Gasteiger partial charge in [-0.05, 0) is 60.9 Å². The molecule has 0 aliphatic rings. The van der Waals surface area contributed by atoms with Crippen molar-refractivity contribution in [1.29, 1.82) is 0 Å². The van der Waals surface area contributed by atoms with E-state index in [1.165, 1.54) is 4.90 Å². The minimum Gasteiger partial charge on any atom is -0.330 e. The summed E-state index contributed by atoms with van der Waals surface area (Å²) in [7, 11) is 0. The van der Waals surface area contributed by atoms with Gasteiger partial charge in [-0.2, -0.15) is 0 Å². The van der Waals surface area contributed by atoms with Crippen LogP contribution in [-0.2, 0) is 0 Å². The molecule has 19 heavy (non-hydrogen) atoms. The molecule has 0 saturated heterocycles. The van der Waals surface area contributed by atoms with Gasteiger partial charge in [0.2, 0.25) is 0 Å². The van der Waals surface area contributed by atoms with E-state index >= 15 is 0 Å². The van der Waals surface area contributed by atoms with Gasteiger partial charge in [-0.25, -0.2) is 0 Å². The van der Waals surface area contributed by atoms with Crippen molar-refractivity contribution in [1.82, 2.24) is 9.55 Å². The Labute approximate surface area is 125 Å². The van der Waals surface area contributed by atoms with Crippen molar-refractivity contribution in [2.75, 3.05) is 6.26 Å². The number of aromatic amines is 1. The zero-order valence-corrected chi connectivity index (χ0v) is 12.6. The minimum absolute atomic E-state index is 0.675. The quantitative estimate of drug-likeness (QED) is 0.527. The van der Waals surface area contributed by atoms with E-state index < -0.39 is 0 Å². The minimum atomic E-state index is 0.675. The Morgan fingerprint density at radius 2 is 1.89 bits per heavy atom. The van der Waals surface area contributed by atoms with Crippen molar-refractivity contribution in [2.45, 2.75) is 4.90 Å². The van der Waals surface area contributed by atoms with E-state index in [2.05, 4.69) is 35.5 Å². The summed E-state index contributed by atoms with van der Waals surface area (Å²) in [6.45, 7) is 0. The molecule has 0 fully saturated rings. The summed E-state index contributed by atoms with van der Waals surface area (Å²) in [6, 6.07) is 14.0. The first kappa shape index (κ1) is 12.8. The molecule has 0 spiro atoms. The predicted octanol–water partition coefficient (Wildman–Crippen LogP) is 5.06. The second kappa shape index (κ2) is 5.04. The SMILES string of the molecule is CSc1ccc(-n2c(=S)[nH]c3ccc(Cl)cc32)cc1. The van der Waals surface area contributed by atoms with Gasteiger partial charge in [0.05, 0.1) is 11.0 Å². The molecule has 2 aromatic carbocycles. The summed E-state index contributed by atoms with van der Waals surface area (Å²) in [6.07, 6.45) is 2.06. The van der Waals surface area contributed by atoms with Gasteiger partial charge in [-0.15, -0.1) is 11.8 Å². The average molecular weight is 307 g/mol. The van der Waals surface area contributed by atoms with Gasteiger partial charge in [0.15, 0.2) is 4.77 Å². The molecular formula is C14H11ClN2S2. The Morgan fingerprint density at radius 1 is 1.16 bits per heavy atom. The van der Waals surface area contributed by atoms with Gasteiger partial charge in [0, 0.05) is 15.6 Å². The number of aromatic nitrogens is 2. The van der Waals surface area contributed by atoms with Gasteiger partial charge in [-0.3, -0.25) is 4.57 Å². The molecule has 0 aliphatic carbocycles. The number of nitrogens with zero attached hydrogens (tertiary/aromatic N) is 1. The van der Waals surface area contributed by atoms with E-state index in [9.17, 15) is 0 Å². The van der Waals surface area contributed by atoms with Gasteiger partial charge in [0.25, 0.3) is 0 Å². The monoisotopic (exact) mass is 306 g/mol. The number of fused-ring (bicyclic) bond motifs is 1. The number of benzene rings is 2. The number of thioether (sulfide) groups is 1. The second-order valence-electron chi connectivity index (χ2n) is 4.13. The van der Waals surface area contributed by atoms with Crippen molar-refractivity contribution < 1.29 is 0 Å². The number of imidazole rings is 1. The van der Waals surface area contributed by atoms with Crippen LogP contribution in [0.5, 0.6) is 0 Å². The Morgan fingerprint density at radius 3 is 2.58 bits per heavy atom. The van der Waals surface area contributed by atoms with Crippen molar-refractivity contribution >= 4 is 46.6 Å². The predicted molar refractivity (Wildman–Crippen MR) is 85.3 cm³/mol. The molecule has 0 radical (unpaired) electrons. The van der Waals surface area contributed by atoms with E-state index in [0.29, 0.717) is 9.79 Å². The molecule has 2 nitrogen and oxygen atoms in total. The van der Waals surface area contributed by atoms with Crippen LogP contribution in [0.2, 0.25) is 5.02 Å². The molecule has 5 heteroatoms. The van der Waals surface area contributed by atoms with Crippen molar-refractivity contribution in [3.05, 3.63) is 52.3 Å². The third-order valence-electron chi connectivity index (χ3n) is 2.98. The molecule has 0 amide bonds. The van der Waals surface area contributed by atoms with Crippen molar-refractivity contribution in [3.8, 4) is 5.69 Å². The molecular weight excluding hydrogens is 296 g/mol. The zero-order valence-electron chi connectivity index (χ0n) is 10.2. The topological polar surface area (TPSA) is 20.7 Å². The van der Waals surface area contributed by atoms with Crippen LogP contribution < -0.4 is 0 Å². The van der Waals surface area contributed by atoms with Gasteiger partial charge >= 0.3 is 0 Å². The maximum absolute atomic E-state index is 6.07. The number of hydrogen-bond acceptors (Lipinski definition) is 2. The molecule has 1 aromatic heterocycles. The summed E-state index contributed by atoms with van der Waals surface area (Å²) in [5, 5.41) is 0.705. The molecule has 3 aromatic rings. The fourth-order valence-corrected chi connectivity index (χ4v) is 2.95. The Balaban J connectivity index is 2.25. The lowest BCUT2D eigenvalue weighted by atomic mass is 10.3. The summed E-state index contributed by atoms with van der Waals surface area (Å²) in [5.74, 6) is 0. The first-order valence-electron chi connectivity index (χ1n) is 5.74. The van der Waals surface area contributed by atoms with E-state index in [1.54, 1.807) is 11.8 Å². The van der Waals surface area contributed by atoms with Crippen LogP contribution in [0.3, 0.4) is 0 Å². The van der Waals surface area contributed by atoms with E-state index in [-0.39, 0.29) is 0 Å². The van der Waals surface area contributed by atoms with Crippen LogP contribution in [0.15, 0.2) is 47.4 Å². The first-order chi connectivity index (χ1) is 9.19. The van der Waals surface area contributed by atoms with Crippen molar-refractivity contribution in [2.24, 2.45) is 0 Å². The molecule has 0 aliphatic heterocycles. The van der Waals surface area contributed by atoms with Gasteiger partial charge in [0.1, 0.15) is 0 Å². The number of rotatable bonds is 2. The Kier molecular flexibility index (Phi) is 3.39. The molecule has 0 bridgehead atoms. The van der Waals surface area contributed by atoms with Crippen molar-refractivity contribution in [3.63, 3.8) is 0 Å². The smallest absolute Gasteiger partial charge is 0.182 e. The maximum Gasteiger partial charge on any atom is 0.182 e. The fourth-order valence-electron chi connectivity index (χ4n) is 2.06. The molecule has 0 atom stereocenters. The number of halogens is 1. The second-order valence-corrected chi connectivity index (χ2v) is 5.83. The first-order valence-corrected chi connectivity index (χ1v) is 7.75. The summed E-state index contributed by atoms with van der Waals surface area (Å²) in [4.78, 5) is 4.43. The van der Waals surface area contributed by atoms with E-state index in [1.807, 2.05) is 22.8 Å². The number of H-pyrrole nitrogens is 1. The molecule has 3 rings (SSSR count). The molecule has 1 N–H and O–H groups in total. The lowest BCUT2D eigenvalue weighted by Crippen LogP contribution is -1.93. The highest BCUT2D eigenvalue weighted by Crippen LogP contribution is 2.24. The third-order valence-corrected chi connectivity index (χ3v) is 4.24. The summed E-state index contributed by atoms with van der Waals surface area (Å²) in [5.41, 5.74) is 3.02. The van der Waals surface area contributed by atoms with E-state index in [0.717, 1.165) is 16.7 Å². The maximum atomic E-state index is 6.07. The van der Waals surface area contributed by atoms with Crippen LogP contribution in [-0.4, -0.2) is 15.8 Å². The highest BCUT2D eigenvalue weighted by molar-refractivity contribution is 7.98. The van der Waals surface area contributed by atoms with Crippen LogP contribution in [0.4, 0.5) is 0 Å². The van der Waals surface area contributed by atoms with Gasteiger partial charge in [-0.1, -0.05) is 11.6 Å². The standard InChI is InChI=1S/C14H11ClN2S2/c1-19-11-5-3-10(4-6-11)17-13-8-9(15)2-7-12(13)16-14(17)18/h2-8H,1H3,(H,16,18). The van der Waals surface area contributed by atoms with Gasteiger partial charge < -0.3 is 4.98 Å². The largest absolute Gasteiger partial charge is 0.330 e. The number of nitrogens with one attached hydrogen (secondary N) is 1. The van der Waals surface area contributed by atoms with Crippen LogP contribution >= 0.6 is 35.6 Å².